The predicted molar refractivity (Wildman–Crippen MR) is 82.2 cm³/mol. The molecule has 0 aromatic heterocycles. The highest BCUT2D eigenvalue weighted by atomic mass is 16.5. The van der Waals surface area contributed by atoms with Crippen molar-refractivity contribution in [2.24, 2.45) is 0 Å². The van der Waals surface area contributed by atoms with Crippen molar-refractivity contribution in [3.05, 3.63) is 47.5 Å². The highest BCUT2D eigenvalue weighted by molar-refractivity contribution is 5.58. The maximum absolute atomic E-state index is 5.93. The first-order valence-electron chi connectivity index (χ1n) is 6.55. The van der Waals surface area contributed by atoms with E-state index in [9.17, 15) is 0 Å². The Kier molecular flexibility index (Phi) is 4.35. The van der Waals surface area contributed by atoms with Crippen LogP contribution in [-0.4, -0.2) is 13.2 Å². The lowest BCUT2D eigenvalue weighted by Gasteiger charge is -2.13. The summed E-state index contributed by atoms with van der Waals surface area (Å²) in [6.45, 7) is 4.74. The van der Waals surface area contributed by atoms with Crippen LogP contribution in [0, 0.1) is 13.8 Å². The van der Waals surface area contributed by atoms with Gasteiger partial charge in [-0.05, 0) is 37.1 Å². The fourth-order valence-electron chi connectivity index (χ4n) is 1.86. The number of hydrogen-bond acceptors (Lipinski definition) is 4. The van der Waals surface area contributed by atoms with Gasteiger partial charge >= 0.3 is 0 Å². The van der Waals surface area contributed by atoms with Crippen molar-refractivity contribution in [2.75, 3.05) is 24.7 Å². The van der Waals surface area contributed by atoms with Gasteiger partial charge in [-0.15, -0.1) is 0 Å². The lowest BCUT2D eigenvalue weighted by Crippen LogP contribution is -2.11. The first kappa shape index (κ1) is 14.1. The average molecular weight is 272 g/mol. The van der Waals surface area contributed by atoms with Crippen LogP contribution in [0.25, 0.3) is 0 Å². The minimum absolute atomic E-state index is 0.418. The number of nitrogens with two attached hydrogens (primary N) is 2. The van der Waals surface area contributed by atoms with Crippen molar-refractivity contribution in [3.63, 3.8) is 0 Å². The molecule has 0 saturated carbocycles. The zero-order valence-corrected chi connectivity index (χ0v) is 11.8. The Labute approximate surface area is 119 Å². The van der Waals surface area contributed by atoms with Crippen LogP contribution in [0.4, 0.5) is 11.4 Å². The van der Waals surface area contributed by atoms with Crippen molar-refractivity contribution < 1.29 is 9.47 Å². The molecule has 0 fully saturated rings. The normalized spacial score (nSPS) is 10.3. The number of ether oxygens (including phenoxy) is 2. The minimum Gasteiger partial charge on any atom is -0.488 e. The summed E-state index contributed by atoms with van der Waals surface area (Å²) in [6.07, 6.45) is 0. The second-order valence-electron chi connectivity index (χ2n) is 4.67. The van der Waals surface area contributed by atoms with Gasteiger partial charge in [-0.1, -0.05) is 24.3 Å². The van der Waals surface area contributed by atoms with Crippen LogP contribution < -0.4 is 20.9 Å². The van der Waals surface area contributed by atoms with Crippen LogP contribution in [0.3, 0.4) is 0 Å². The third kappa shape index (κ3) is 3.15. The molecule has 0 aliphatic rings. The zero-order valence-electron chi connectivity index (χ0n) is 11.8. The monoisotopic (exact) mass is 272 g/mol. The standard InChI is InChI=1S/C16H20N2O2/c1-11-5-3-7-13(15(11)17)19-9-10-20-14-8-4-6-12(2)16(14)18/h3-8H,9-10,17-18H2,1-2H3. The molecule has 0 unspecified atom stereocenters. The van der Waals surface area contributed by atoms with Gasteiger partial charge in [-0.3, -0.25) is 0 Å². The molecule has 0 radical (unpaired) electrons. The maximum atomic E-state index is 5.93. The van der Waals surface area contributed by atoms with Crippen LogP contribution in [0.2, 0.25) is 0 Å². The van der Waals surface area contributed by atoms with Gasteiger partial charge in [0.15, 0.2) is 0 Å². The van der Waals surface area contributed by atoms with Crippen LogP contribution in [-0.2, 0) is 0 Å². The Morgan fingerprint density at radius 3 is 1.55 bits per heavy atom. The van der Waals surface area contributed by atoms with Gasteiger partial charge in [0.1, 0.15) is 24.7 Å². The van der Waals surface area contributed by atoms with Crippen molar-refractivity contribution in [1.29, 1.82) is 0 Å². The fraction of sp³-hybridized carbons (Fsp3) is 0.250. The summed E-state index contributed by atoms with van der Waals surface area (Å²) in [5.74, 6) is 1.37. The van der Waals surface area contributed by atoms with Crippen LogP contribution in [0.15, 0.2) is 36.4 Å². The van der Waals surface area contributed by atoms with E-state index in [1.165, 1.54) is 0 Å². The number of rotatable bonds is 5. The van der Waals surface area contributed by atoms with Crippen molar-refractivity contribution in [1.82, 2.24) is 0 Å². The first-order chi connectivity index (χ1) is 9.59. The Morgan fingerprint density at radius 2 is 1.15 bits per heavy atom. The van der Waals surface area contributed by atoms with Gasteiger partial charge in [-0.25, -0.2) is 0 Å². The first-order valence-corrected chi connectivity index (χ1v) is 6.55. The molecular weight excluding hydrogens is 252 g/mol. The molecule has 4 nitrogen and oxygen atoms in total. The third-order valence-electron chi connectivity index (χ3n) is 3.17. The summed E-state index contributed by atoms with van der Waals surface area (Å²) in [6, 6.07) is 11.4. The zero-order chi connectivity index (χ0) is 14.5. The number of aryl methyl sites for hydroxylation is 2. The molecule has 0 heterocycles. The van der Waals surface area contributed by atoms with E-state index >= 15 is 0 Å². The summed E-state index contributed by atoms with van der Waals surface area (Å²) in [5, 5.41) is 0. The summed E-state index contributed by atoms with van der Waals surface area (Å²) < 4.78 is 11.2. The van der Waals surface area contributed by atoms with Crippen molar-refractivity contribution >= 4 is 11.4 Å². The molecule has 0 aliphatic heterocycles. The molecule has 4 N–H and O–H groups in total. The molecule has 20 heavy (non-hydrogen) atoms. The van der Waals surface area contributed by atoms with Gasteiger partial charge in [0.05, 0.1) is 11.4 Å². The summed E-state index contributed by atoms with van der Waals surface area (Å²) in [4.78, 5) is 0. The molecule has 2 aromatic carbocycles. The molecule has 0 spiro atoms. The largest absolute Gasteiger partial charge is 0.488 e. The number of benzene rings is 2. The van der Waals surface area contributed by atoms with Crippen LogP contribution in [0.1, 0.15) is 11.1 Å². The minimum atomic E-state index is 0.418. The van der Waals surface area contributed by atoms with E-state index in [4.69, 9.17) is 20.9 Å². The molecule has 2 aromatic rings. The lowest BCUT2D eigenvalue weighted by atomic mass is 10.2. The molecule has 2 rings (SSSR count). The second kappa shape index (κ2) is 6.19. The molecule has 106 valence electrons. The third-order valence-corrected chi connectivity index (χ3v) is 3.17. The Bertz CT molecular complexity index is 544. The van der Waals surface area contributed by atoms with E-state index in [1.54, 1.807) is 0 Å². The highest BCUT2D eigenvalue weighted by Crippen LogP contribution is 2.25. The predicted octanol–water partition coefficient (Wildman–Crippen LogP) is 2.93. The van der Waals surface area contributed by atoms with Gasteiger partial charge < -0.3 is 20.9 Å². The van der Waals surface area contributed by atoms with Crippen LogP contribution in [0.5, 0.6) is 11.5 Å². The van der Waals surface area contributed by atoms with Crippen molar-refractivity contribution in [2.45, 2.75) is 13.8 Å². The number of para-hydroxylation sites is 2. The average Bonchev–Trinajstić information content (AvgIpc) is 2.43. The molecule has 0 bridgehead atoms. The van der Waals surface area contributed by atoms with Crippen molar-refractivity contribution in [3.8, 4) is 11.5 Å². The van der Waals surface area contributed by atoms with Gasteiger partial charge in [0.25, 0.3) is 0 Å². The van der Waals surface area contributed by atoms with E-state index < -0.39 is 0 Å². The molecule has 0 amide bonds. The van der Waals surface area contributed by atoms with Gasteiger partial charge in [0.2, 0.25) is 0 Å². The number of hydrogen-bond donors (Lipinski definition) is 2. The number of anilines is 2. The Balaban J connectivity index is 1.88. The van der Waals surface area contributed by atoms with E-state index in [-0.39, 0.29) is 0 Å². The van der Waals surface area contributed by atoms with E-state index in [0.29, 0.717) is 36.1 Å². The quantitative estimate of drug-likeness (QED) is 0.648. The van der Waals surface area contributed by atoms with E-state index in [0.717, 1.165) is 11.1 Å². The molecule has 0 saturated heterocycles. The van der Waals surface area contributed by atoms with Crippen LogP contribution >= 0.6 is 0 Å². The Hall–Kier alpha value is -2.36. The maximum Gasteiger partial charge on any atom is 0.142 e. The SMILES string of the molecule is Cc1cccc(OCCOc2cccc(C)c2N)c1N. The second-order valence-corrected chi connectivity index (χ2v) is 4.67. The van der Waals surface area contributed by atoms with E-state index in [2.05, 4.69) is 0 Å². The number of nitrogen functional groups attached to an aromatic ring is 2. The summed E-state index contributed by atoms with van der Waals surface area (Å²) in [5.41, 5.74) is 15.2. The van der Waals surface area contributed by atoms with Gasteiger partial charge in [-0.2, -0.15) is 0 Å². The summed E-state index contributed by atoms with van der Waals surface area (Å²) in [7, 11) is 0. The molecule has 4 heteroatoms. The highest BCUT2D eigenvalue weighted by Gasteiger charge is 2.04. The molecule has 0 aliphatic carbocycles. The molecular formula is C16H20N2O2. The summed E-state index contributed by atoms with van der Waals surface area (Å²) >= 11 is 0. The Morgan fingerprint density at radius 1 is 0.750 bits per heavy atom. The topological polar surface area (TPSA) is 70.5 Å². The fourth-order valence-corrected chi connectivity index (χ4v) is 1.86. The molecule has 0 atom stereocenters. The lowest BCUT2D eigenvalue weighted by molar-refractivity contribution is 0.218. The smallest absolute Gasteiger partial charge is 0.142 e. The van der Waals surface area contributed by atoms with E-state index in [1.807, 2.05) is 50.2 Å². The van der Waals surface area contributed by atoms with Gasteiger partial charge in [0, 0.05) is 0 Å².